The molecule has 0 spiro atoms. The fourth-order valence-electron chi connectivity index (χ4n) is 3.82. The summed E-state index contributed by atoms with van der Waals surface area (Å²) in [6.07, 6.45) is 1.09. The predicted octanol–water partition coefficient (Wildman–Crippen LogP) is 2.03. The highest BCUT2D eigenvalue weighted by atomic mass is 32.2. The maximum absolute atomic E-state index is 12.2. The van der Waals surface area contributed by atoms with Crippen molar-refractivity contribution in [3.8, 4) is 12.1 Å². The summed E-state index contributed by atoms with van der Waals surface area (Å²) in [5.41, 5.74) is 6.38. The molecule has 8 nitrogen and oxygen atoms in total. The summed E-state index contributed by atoms with van der Waals surface area (Å²) in [5.74, 6) is -0.135. The van der Waals surface area contributed by atoms with Crippen LogP contribution >= 0.6 is 11.8 Å². The van der Waals surface area contributed by atoms with E-state index in [0.717, 1.165) is 11.8 Å². The number of thioether (sulfide) groups is 1. The average Bonchev–Trinajstić information content (AvgIpc) is 2.82. The van der Waals surface area contributed by atoms with Crippen LogP contribution in [0, 0.1) is 22.7 Å². The van der Waals surface area contributed by atoms with E-state index in [1.807, 2.05) is 30.0 Å². The van der Waals surface area contributed by atoms with E-state index in [-0.39, 0.29) is 12.2 Å². The van der Waals surface area contributed by atoms with Gasteiger partial charge in [0.2, 0.25) is 5.91 Å². The number of primary amides is 1. The van der Waals surface area contributed by atoms with Gasteiger partial charge in [0, 0.05) is 13.1 Å². The van der Waals surface area contributed by atoms with E-state index in [4.69, 9.17) is 5.73 Å². The van der Waals surface area contributed by atoms with Crippen LogP contribution in [0.4, 0.5) is 5.82 Å². The van der Waals surface area contributed by atoms with Gasteiger partial charge in [0.25, 0.3) is 0 Å². The molecule has 2 heterocycles. The molecule has 0 aliphatic carbocycles. The number of hydrogen-bond donors (Lipinski definition) is 3. The molecule has 1 aliphatic heterocycles. The highest BCUT2D eigenvalue weighted by molar-refractivity contribution is 8.00. The predicted molar refractivity (Wildman–Crippen MR) is 121 cm³/mol. The van der Waals surface area contributed by atoms with Crippen molar-refractivity contribution in [2.75, 3.05) is 24.6 Å². The number of amides is 1. The lowest BCUT2D eigenvalue weighted by Gasteiger charge is -2.38. The number of benzene rings is 1. The number of carbonyl (C=O) groups excluding carboxylic acids is 1. The summed E-state index contributed by atoms with van der Waals surface area (Å²) >= 11 is 1.10. The number of anilines is 1. The maximum Gasteiger partial charge on any atom is 0.235 e. The standard InChI is InChI=1S/C23H25N5O3S/c1-2-16-17(12-24)21(28-10-8-23(31,14-29)9-11-28)27-22(18(16)13-25)32-19(20(26)30)15-6-4-3-5-7-15/h3-7,19,29,31H,2,8-11,14H2,1H3,(H2,26,30). The third-order valence-corrected chi connectivity index (χ3v) is 6.96. The summed E-state index contributed by atoms with van der Waals surface area (Å²) < 4.78 is 0. The lowest BCUT2D eigenvalue weighted by molar-refractivity contribution is -0.117. The van der Waals surface area contributed by atoms with Crippen molar-refractivity contribution in [3.05, 3.63) is 52.6 Å². The van der Waals surface area contributed by atoms with Crippen molar-refractivity contribution in [3.63, 3.8) is 0 Å². The molecule has 1 unspecified atom stereocenters. The van der Waals surface area contributed by atoms with Gasteiger partial charge in [-0.05, 0) is 30.4 Å². The third kappa shape index (κ3) is 4.71. The molecule has 1 aromatic carbocycles. The molecule has 1 fully saturated rings. The Morgan fingerprint density at radius 1 is 1.25 bits per heavy atom. The fourth-order valence-corrected chi connectivity index (χ4v) is 4.88. The first-order valence-electron chi connectivity index (χ1n) is 10.3. The lowest BCUT2D eigenvalue weighted by atomic mass is 9.92. The monoisotopic (exact) mass is 451 g/mol. The summed E-state index contributed by atoms with van der Waals surface area (Å²) in [4.78, 5) is 18.8. The molecule has 9 heteroatoms. The SMILES string of the molecule is CCc1c(C#N)c(SC(C(N)=O)c2ccccc2)nc(N2CCC(O)(CO)CC2)c1C#N. The molecule has 1 atom stereocenters. The average molecular weight is 452 g/mol. The van der Waals surface area contributed by atoms with Crippen LogP contribution in [0.25, 0.3) is 0 Å². The van der Waals surface area contributed by atoms with Crippen molar-refractivity contribution in [1.82, 2.24) is 4.98 Å². The number of aliphatic hydroxyl groups excluding tert-OH is 1. The van der Waals surface area contributed by atoms with Crippen LogP contribution in [0.2, 0.25) is 0 Å². The molecule has 0 saturated carbocycles. The van der Waals surface area contributed by atoms with Gasteiger partial charge >= 0.3 is 0 Å². The number of aromatic nitrogens is 1. The van der Waals surface area contributed by atoms with Crippen molar-refractivity contribution in [2.24, 2.45) is 5.73 Å². The van der Waals surface area contributed by atoms with E-state index in [0.29, 0.717) is 59.9 Å². The number of piperidine rings is 1. The number of rotatable bonds is 7. The molecule has 0 radical (unpaired) electrons. The van der Waals surface area contributed by atoms with Gasteiger partial charge in [0.05, 0.1) is 23.3 Å². The third-order valence-electron chi connectivity index (χ3n) is 5.70. The molecule has 32 heavy (non-hydrogen) atoms. The summed E-state index contributed by atoms with van der Waals surface area (Å²) in [7, 11) is 0. The van der Waals surface area contributed by atoms with Gasteiger partial charge < -0.3 is 20.8 Å². The summed E-state index contributed by atoms with van der Waals surface area (Å²) in [6.45, 7) is 2.33. The van der Waals surface area contributed by atoms with Crippen LogP contribution in [0.1, 0.15) is 47.3 Å². The number of aliphatic hydroxyl groups is 2. The molecular weight excluding hydrogens is 426 g/mol. The van der Waals surface area contributed by atoms with Crippen molar-refractivity contribution in [1.29, 1.82) is 10.5 Å². The van der Waals surface area contributed by atoms with Crippen LogP contribution in [-0.4, -0.2) is 46.4 Å². The molecule has 1 aliphatic rings. The van der Waals surface area contributed by atoms with Crippen LogP contribution in [0.15, 0.2) is 35.4 Å². The highest BCUT2D eigenvalue weighted by Crippen LogP contribution is 2.40. The molecule has 166 valence electrons. The zero-order valence-electron chi connectivity index (χ0n) is 17.8. The minimum atomic E-state index is -1.15. The molecule has 0 bridgehead atoms. The van der Waals surface area contributed by atoms with Gasteiger partial charge in [-0.25, -0.2) is 4.98 Å². The Kier molecular flexibility index (Phi) is 7.37. The maximum atomic E-state index is 12.2. The number of nitriles is 2. The Morgan fingerprint density at radius 2 is 1.88 bits per heavy atom. The van der Waals surface area contributed by atoms with Gasteiger partial charge in [0.15, 0.2) is 0 Å². The van der Waals surface area contributed by atoms with E-state index in [2.05, 4.69) is 17.1 Å². The largest absolute Gasteiger partial charge is 0.393 e. The number of carbonyl (C=O) groups is 1. The Balaban J connectivity index is 2.08. The van der Waals surface area contributed by atoms with E-state index in [9.17, 15) is 25.5 Å². The van der Waals surface area contributed by atoms with Crippen LogP contribution in [0.5, 0.6) is 0 Å². The molecule has 1 amide bonds. The zero-order chi connectivity index (χ0) is 23.3. The van der Waals surface area contributed by atoms with Crippen LogP contribution in [0.3, 0.4) is 0 Å². The van der Waals surface area contributed by atoms with E-state index in [1.165, 1.54) is 0 Å². The topological polar surface area (TPSA) is 147 Å². The van der Waals surface area contributed by atoms with Crippen molar-refractivity contribution >= 4 is 23.5 Å². The molecule has 1 aromatic heterocycles. The number of nitrogens with two attached hydrogens (primary N) is 1. The number of nitrogens with zero attached hydrogens (tertiary/aromatic N) is 4. The Hall–Kier alpha value is -3.11. The fraction of sp³-hybridized carbons (Fsp3) is 0.391. The molecule has 2 aromatic rings. The normalized spacial score (nSPS) is 16.1. The van der Waals surface area contributed by atoms with Gasteiger partial charge in [-0.2, -0.15) is 10.5 Å². The zero-order valence-corrected chi connectivity index (χ0v) is 18.6. The smallest absolute Gasteiger partial charge is 0.235 e. The quantitative estimate of drug-likeness (QED) is 0.542. The number of hydrogen-bond acceptors (Lipinski definition) is 8. The lowest BCUT2D eigenvalue weighted by Crippen LogP contribution is -2.47. The minimum Gasteiger partial charge on any atom is -0.393 e. The van der Waals surface area contributed by atoms with Crippen molar-refractivity contribution < 1.29 is 15.0 Å². The summed E-state index contributed by atoms with van der Waals surface area (Å²) in [5, 5.41) is 39.1. The van der Waals surface area contributed by atoms with Crippen LogP contribution in [-0.2, 0) is 11.2 Å². The Morgan fingerprint density at radius 3 is 2.38 bits per heavy atom. The number of pyridine rings is 1. The van der Waals surface area contributed by atoms with E-state index in [1.54, 1.807) is 12.1 Å². The summed E-state index contributed by atoms with van der Waals surface area (Å²) in [6, 6.07) is 13.4. The second kappa shape index (κ2) is 10.0. The molecule has 4 N–H and O–H groups in total. The highest BCUT2D eigenvalue weighted by Gasteiger charge is 2.34. The molecular formula is C23H25N5O3S. The van der Waals surface area contributed by atoms with Gasteiger partial charge in [0.1, 0.15) is 28.2 Å². The van der Waals surface area contributed by atoms with Gasteiger partial charge in [-0.15, -0.1) is 0 Å². The van der Waals surface area contributed by atoms with Crippen molar-refractivity contribution in [2.45, 2.75) is 42.1 Å². The first-order valence-corrected chi connectivity index (χ1v) is 11.2. The second-order valence-electron chi connectivity index (χ2n) is 7.73. The van der Waals surface area contributed by atoms with Crippen LogP contribution < -0.4 is 10.6 Å². The van der Waals surface area contributed by atoms with Gasteiger partial charge in [-0.1, -0.05) is 49.0 Å². The van der Waals surface area contributed by atoms with Gasteiger partial charge in [-0.3, -0.25) is 4.79 Å². The molecule has 1 saturated heterocycles. The first kappa shape index (κ1) is 23.6. The minimum absolute atomic E-state index is 0.267. The Labute approximate surface area is 191 Å². The van der Waals surface area contributed by atoms with E-state index >= 15 is 0 Å². The second-order valence-corrected chi connectivity index (χ2v) is 8.82. The first-order chi connectivity index (χ1) is 15.4. The van der Waals surface area contributed by atoms with E-state index < -0.39 is 16.8 Å². The Bertz CT molecular complexity index is 1070. The molecule has 3 rings (SSSR count).